The Hall–Kier alpha value is -0.580. The molecule has 5 heteroatoms. The average molecular weight is 330 g/mol. The SMILES string of the molecule is CCC1(C)CCN(S(=O)(=O)c2cccc(CCl)c2C)CC1. The molecule has 1 aliphatic rings. The summed E-state index contributed by atoms with van der Waals surface area (Å²) in [5.74, 6) is 0.336. The summed E-state index contributed by atoms with van der Waals surface area (Å²) < 4.78 is 27.3. The maximum absolute atomic E-state index is 12.9. The van der Waals surface area contributed by atoms with Crippen LogP contribution in [0.5, 0.6) is 0 Å². The Kier molecular flexibility index (Phi) is 5.01. The van der Waals surface area contributed by atoms with Crippen molar-refractivity contribution in [3.8, 4) is 0 Å². The predicted molar refractivity (Wildman–Crippen MR) is 87.1 cm³/mol. The molecular formula is C16H24ClNO2S. The van der Waals surface area contributed by atoms with Crippen LogP contribution in [0.4, 0.5) is 0 Å². The molecule has 1 aromatic rings. The van der Waals surface area contributed by atoms with Crippen LogP contribution in [0.3, 0.4) is 0 Å². The molecule has 0 atom stereocenters. The maximum atomic E-state index is 12.9. The minimum atomic E-state index is -3.41. The molecule has 0 spiro atoms. The van der Waals surface area contributed by atoms with E-state index in [1.807, 2.05) is 13.0 Å². The fourth-order valence-electron chi connectivity index (χ4n) is 2.84. The van der Waals surface area contributed by atoms with Gasteiger partial charge < -0.3 is 0 Å². The molecule has 0 radical (unpaired) electrons. The zero-order chi connectivity index (χ0) is 15.7. The topological polar surface area (TPSA) is 37.4 Å². The number of halogens is 1. The van der Waals surface area contributed by atoms with Gasteiger partial charge in [-0.25, -0.2) is 8.42 Å². The van der Waals surface area contributed by atoms with Crippen molar-refractivity contribution in [3.05, 3.63) is 29.3 Å². The van der Waals surface area contributed by atoms with E-state index in [1.54, 1.807) is 16.4 Å². The van der Waals surface area contributed by atoms with E-state index in [2.05, 4.69) is 13.8 Å². The van der Waals surface area contributed by atoms with E-state index in [-0.39, 0.29) is 5.41 Å². The van der Waals surface area contributed by atoms with Gasteiger partial charge in [0, 0.05) is 19.0 Å². The molecule has 1 aromatic carbocycles. The molecule has 1 aliphatic heterocycles. The van der Waals surface area contributed by atoms with Crippen LogP contribution in [0.15, 0.2) is 23.1 Å². The summed E-state index contributed by atoms with van der Waals surface area (Å²) in [5.41, 5.74) is 1.93. The van der Waals surface area contributed by atoms with Crippen LogP contribution in [-0.2, 0) is 15.9 Å². The summed E-state index contributed by atoms with van der Waals surface area (Å²) in [4.78, 5) is 0.403. The molecule has 0 saturated carbocycles. The van der Waals surface area contributed by atoms with Gasteiger partial charge in [0.05, 0.1) is 4.90 Å². The van der Waals surface area contributed by atoms with Crippen LogP contribution >= 0.6 is 11.6 Å². The van der Waals surface area contributed by atoms with E-state index >= 15 is 0 Å². The van der Waals surface area contributed by atoms with Crippen molar-refractivity contribution in [3.63, 3.8) is 0 Å². The Bertz CT molecular complexity index is 605. The number of rotatable bonds is 4. The summed E-state index contributed by atoms with van der Waals surface area (Å²) >= 11 is 5.89. The Labute approximate surface area is 133 Å². The van der Waals surface area contributed by atoms with Crippen LogP contribution in [0.2, 0.25) is 0 Å². The fraction of sp³-hybridized carbons (Fsp3) is 0.625. The molecular weight excluding hydrogens is 306 g/mol. The van der Waals surface area contributed by atoms with E-state index in [1.165, 1.54) is 0 Å². The van der Waals surface area contributed by atoms with Crippen molar-refractivity contribution in [2.45, 2.75) is 50.8 Å². The smallest absolute Gasteiger partial charge is 0.207 e. The third kappa shape index (κ3) is 3.27. The Morgan fingerprint density at radius 1 is 1.29 bits per heavy atom. The molecule has 1 saturated heterocycles. The minimum Gasteiger partial charge on any atom is -0.207 e. The second-order valence-electron chi connectivity index (χ2n) is 6.24. The molecule has 0 aliphatic carbocycles. The van der Waals surface area contributed by atoms with E-state index in [0.717, 1.165) is 30.4 Å². The summed E-state index contributed by atoms with van der Waals surface area (Å²) in [6.45, 7) is 7.48. The van der Waals surface area contributed by atoms with Gasteiger partial charge in [0.25, 0.3) is 0 Å². The quantitative estimate of drug-likeness (QED) is 0.785. The highest BCUT2D eigenvalue weighted by atomic mass is 35.5. The third-order valence-corrected chi connectivity index (χ3v) is 7.27. The first-order valence-electron chi connectivity index (χ1n) is 7.49. The van der Waals surface area contributed by atoms with Gasteiger partial charge in [-0.2, -0.15) is 4.31 Å². The fourth-order valence-corrected chi connectivity index (χ4v) is 4.84. The average Bonchev–Trinajstić information content (AvgIpc) is 2.48. The van der Waals surface area contributed by atoms with E-state index in [4.69, 9.17) is 11.6 Å². The van der Waals surface area contributed by atoms with Crippen LogP contribution in [0.1, 0.15) is 44.2 Å². The van der Waals surface area contributed by atoms with Gasteiger partial charge in [0.1, 0.15) is 0 Å². The van der Waals surface area contributed by atoms with E-state index in [9.17, 15) is 8.42 Å². The zero-order valence-corrected chi connectivity index (χ0v) is 14.6. The molecule has 0 N–H and O–H groups in total. The van der Waals surface area contributed by atoms with Gasteiger partial charge in [0.2, 0.25) is 10.0 Å². The first-order chi connectivity index (χ1) is 9.84. The van der Waals surface area contributed by atoms with Crippen LogP contribution in [0.25, 0.3) is 0 Å². The standard InChI is InChI=1S/C16H24ClNO2S/c1-4-16(3)8-10-18(11-9-16)21(19,20)15-7-5-6-14(12-17)13(15)2/h5-7H,4,8-12H2,1-3H3. The lowest BCUT2D eigenvalue weighted by Gasteiger charge is -2.38. The molecule has 1 heterocycles. The van der Waals surface area contributed by atoms with Gasteiger partial charge in [-0.05, 0) is 42.4 Å². The normalized spacial score (nSPS) is 19.6. The van der Waals surface area contributed by atoms with Gasteiger partial charge >= 0.3 is 0 Å². The highest BCUT2D eigenvalue weighted by Gasteiger charge is 2.35. The van der Waals surface area contributed by atoms with Crippen molar-refractivity contribution in [1.82, 2.24) is 4.31 Å². The predicted octanol–water partition coefficient (Wildman–Crippen LogP) is 3.93. The molecule has 0 bridgehead atoms. The number of hydrogen-bond donors (Lipinski definition) is 0. The lowest BCUT2D eigenvalue weighted by atomic mass is 9.79. The molecule has 2 rings (SSSR count). The number of alkyl halides is 1. The van der Waals surface area contributed by atoms with E-state index < -0.39 is 10.0 Å². The first kappa shape index (κ1) is 16.8. The highest BCUT2D eigenvalue weighted by Crippen LogP contribution is 2.36. The van der Waals surface area contributed by atoms with Crippen LogP contribution in [-0.4, -0.2) is 25.8 Å². The molecule has 118 valence electrons. The second kappa shape index (κ2) is 6.27. The zero-order valence-electron chi connectivity index (χ0n) is 13.0. The van der Waals surface area contributed by atoms with Crippen LogP contribution in [0, 0.1) is 12.3 Å². The van der Waals surface area contributed by atoms with Crippen molar-refractivity contribution in [2.24, 2.45) is 5.41 Å². The molecule has 0 aromatic heterocycles. The molecule has 21 heavy (non-hydrogen) atoms. The minimum absolute atomic E-state index is 0.277. The van der Waals surface area contributed by atoms with Crippen molar-refractivity contribution in [2.75, 3.05) is 13.1 Å². The molecule has 1 fully saturated rings. The number of hydrogen-bond acceptors (Lipinski definition) is 2. The van der Waals surface area contributed by atoms with Crippen molar-refractivity contribution >= 4 is 21.6 Å². The highest BCUT2D eigenvalue weighted by molar-refractivity contribution is 7.89. The summed E-state index contributed by atoms with van der Waals surface area (Å²) in [5, 5.41) is 0. The van der Waals surface area contributed by atoms with Crippen LogP contribution < -0.4 is 0 Å². The Morgan fingerprint density at radius 3 is 2.43 bits per heavy atom. The van der Waals surface area contributed by atoms with Crippen molar-refractivity contribution < 1.29 is 8.42 Å². The summed E-state index contributed by atoms with van der Waals surface area (Å²) in [6, 6.07) is 5.34. The Balaban J connectivity index is 2.28. The number of benzene rings is 1. The third-order valence-electron chi connectivity index (χ3n) is 4.94. The number of nitrogens with zero attached hydrogens (tertiary/aromatic N) is 1. The lowest BCUT2D eigenvalue weighted by molar-refractivity contribution is 0.169. The van der Waals surface area contributed by atoms with Gasteiger partial charge in [-0.3, -0.25) is 0 Å². The van der Waals surface area contributed by atoms with Gasteiger partial charge in [-0.15, -0.1) is 11.6 Å². The van der Waals surface area contributed by atoms with E-state index in [0.29, 0.717) is 23.9 Å². The molecule has 0 unspecified atom stereocenters. The molecule has 0 amide bonds. The maximum Gasteiger partial charge on any atom is 0.243 e. The Morgan fingerprint density at radius 2 is 1.90 bits per heavy atom. The lowest BCUT2D eigenvalue weighted by Crippen LogP contribution is -2.42. The van der Waals surface area contributed by atoms with Crippen molar-refractivity contribution in [1.29, 1.82) is 0 Å². The molecule has 3 nitrogen and oxygen atoms in total. The number of piperidine rings is 1. The second-order valence-corrected chi connectivity index (χ2v) is 8.42. The van der Waals surface area contributed by atoms with Gasteiger partial charge in [-0.1, -0.05) is 32.4 Å². The largest absolute Gasteiger partial charge is 0.243 e. The number of sulfonamides is 1. The monoisotopic (exact) mass is 329 g/mol. The summed E-state index contributed by atoms with van der Waals surface area (Å²) in [7, 11) is -3.41. The van der Waals surface area contributed by atoms with Gasteiger partial charge in [0.15, 0.2) is 0 Å². The summed E-state index contributed by atoms with van der Waals surface area (Å²) in [6.07, 6.45) is 2.95. The first-order valence-corrected chi connectivity index (χ1v) is 9.46.